The Labute approximate surface area is 164 Å². The van der Waals surface area contributed by atoms with Crippen LogP contribution in [0.1, 0.15) is 15.9 Å². The topological polar surface area (TPSA) is 35.6 Å². The molecule has 0 atom stereocenters. The number of piperazine rings is 1. The van der Waals surface area contributed by atoms with E-state index in [1.54, 1.807) is 0 Å². The molecule has 2 aromatic carbocycles. The highest BCUT2D eigenvalue weighted by Gasteiger charge is 2.19. The normalized spacial score (nSPS) is 15.1. The Bertz CT molecular complexity index is 800. The first-order chi connectivity index (χ1) is 13.1. The maximum absolute atomic E-state index is 12.9. The van der Waals surface area contributed by atoms with Crippen LogP contribution in [0, 0.1) is 5.82 Å². The molecule has 0 aliphatic carbocycles. The number of nitrogens with one attached hydrogen (secondary N) is 1. The zero-order valence-electron chi connectivity index (χ0n) is 15.0. The molecule has 4 nitrogen and oxygen atoms in total. The molecule has 1 amide bonds. The number of benzene rings is 2. The number of thiocarbonyl (C=S) groups is 1. The summed E-state index contributed by atoms with van der Waals surface area (Å²) in [5.74, 6) is -0.681. The van der Waals surface area contributed by atoms with Crippen molar-refractivity contribution in [2.45, 2.75) is 0 Å². The van der Waals surface area contributed by atoms with E-state index in [0.717, 1.165) is 32.7 Å². The van der Waals surface area contributed by atoms with Crippen LogP contribution in [-0.2, 0) is 0 Å². The summed E-state index contributed by atoms with van der Waals surface area (Å²) >= 11 is 5.35. The van der Waals surface area contributed by atoms with Gasteiger partial charge >= 0.3 is 0 Å². The van der Waals surface area contributed by atoms with Gasteiger partial charge in [0.1, 0.15) is 5.82 Å². The first-order valence-corrected chi connectivity index (χ1v) is 9.32. The molecule has 0 aromatic heterocycles. The molecule has 0 spiro atoms. The average Bonchev–Trinajstić information content (AvgIpc) is 2.70. The molecule has 1 aliphatic rings. The van der Waals surface area contributed by atoms with Crippen LogP contribution in [0.5, 0.6) is 0 Å². The monoisotopic (exact) mass is 383 g/mol. The lowest BCUT2D eigenvalue weighted by atomic mass is 10.2. The molecule has 1 N–H and O–H groups in total. The molecule has 0 saturated carbocycles. The van der Waals surface area contributed by atoms with E-state index in [1.807, 2.05) is 23.1 Å². The fourth-order valence-electron chi connectivity index (χ4n) is 2.89. The summed E-state index contributed by atoms with van der Waals surface area (Å²) in [4.78, 5) is 16.5. The van der Waals surface area contributed by atoms with Gasteiger partial charge in [-0.25, -0.2) is 4.39 Å². The van der Waals surface area contributed by atoms with Gasteiger partial charge in [-0.3, -0.25) is 15.0 Å². The summed E-state index contributed by atoms with van der Waals surface area (Å²) in [7, 11) is 0. The number of nitrogens with zero attached hydrogens (tertiary/aromatic N) is 2. The Morgan fingerprint density at radius 3 is 2.37 bits per heavy atom. The Morgan fingerprint density at radius 2 is 1.70 bits per heavy atom. The molecule has 0 bridgehead atoms. The summed E-state index contributed by atoms with van der Waals surface area (Å²) in [5, 5.41) is 3.15. The molecule has 1 aliphatic heterocycles. The van der Waals surface area contributed by atoms with E-state index in [0.29, 0.717) is 10.7 Å². The summed E-state index contributed by atoms with van der Waals surface area (Å²) in [6.45, 7) is 4.18. The summed E-state index contributed by atoms with van der Waals surface area (Å²) < 4.78 is 12.9. The minimum absolute atomic E-state index is 0.312. The Morgan fingerprint density at radius 1 is 1.04 bits per heavy atom. The Hall–Kier alpha value is -2.57. The lowest BCUT2D eigenvalue weighted by molar-refractivity contribution is 0.0970. The molecule has 1 fully saturated rings. The van der Waals surface area contributed by atoms with Gasteiger partial charge in [0.2, 0.25) is 0 Å². The number of hydrogen-bond donors (Lipinski definition) is 1. The molecule has 2 aromatic rings. The van der Waals surface area contributed by atoms with Crippen LogP contribution in [0.3, 0.4) is 0 Å². The van der Waals surface area contributed by atoms with Crippen molar-refractivity contribution >= 4 is 29.3 Å². The average molecular weight is 383 g/mol. The number of hydrogen-bond acceptors (Lipinski definition) is 3. The van der Waals surface area contributed by atoms with Crippen molar-refractivity contribution < 1.29 is 9.18 Å². The largest absolute Gasteiger partial charge is 0.346 e. The van der Waals surface area contributed by atoms with Gasteiger partial charge in [-0.2, -0.15) is 0 Å². The molecule has 3 rings (SSSR count). The molecule has 6 heteroatoms. The van der Waals surface area contributed by atoms with Crippen LogP contribution in [0.15, 0.2) is 60.7 Å². The summed E-state index contributed by atoms with van der Waals surface area (Å²) in [6, 6.07) is 15.6. The zero-order chi connectivity index (χ0) is 19.1. The van der Waals surface area contributed by atoms with Gasteiger partial charge in [0.25, 0.3) is 5.91 Å². The third-order valence-corrected chi connectivity index (χ3v) is 4.82. The summed E-state index contributed by atoms with van der Waals surface area (Å²) in [6.07, 6.45) is 4.29. The van der Waals surface area contributed by atoms with E-state index >= 15 is 0 Å². The zero-order valence-corrected chi connectivity index (χ0v) is 15.8. The fourth-order valence-corrected chi connectivity index (χ4v) is 3.16. The van der Waals surface area contributed by atoms with Crippen LogP contribution >= 0.6 is 12.2 Å². The molecule has 0 unspecified atom stereocenters. The van der Waals surface area contributed by atoms with Gasteiger partial charge in [0, 0.05) is 38.3 Å². The number of halogens is 1. The smallest absolute Gasteiger partial charge is 0.257 e. The lowest BCUT2D eigenvalue weighted by Gasteiger charge is -2.35. The number of carbonyl (C=O) groups excluding carboxylic acids is 1. The first-order valence-electron chi connectivity index (χ1n) is 8.91. The van der Waals surface area contributed by atoms with Crippen LogP contribution in [0.4, 0.5) is 4.39 Å². The van der Waals surface area contributed by atoms with Gasteiger partial charge in [-0.15, -0.1) is 0 Å². The van der Waals surface area contributed by atoms with E-state index in [9.17, 15) is 9.18 Å². The second kappa shape index (κ2) is 9.39. The fraction of sp³-hybridized carbons (Fsp3) is 0.238. The molecule has 0 radical (unpaired) electrons. The van der Waals surface area contributed by atoms with E-state index in [1.165, 1.54) is 29.8 Å². The van der Waals surface area contributed by atoms with Crippen LogP contribution in [-0.4, -0.2) is 53.5 Å². The van der Waals surface area contributed by atoms with E-state index in [-0.39, 0.29) is 11.7 Å². The highest BCUT2D eigenvalue weighted by molar-refractivity contribution is 7.80. The van der Waals surface area contributed by atoms with E-state index in [4.69, 9.17) is 12.2 Å². The Kier molecular flexibility index (Phi) is 6.68. The second-order valence-corrected chi connectivity index (χ2v) is 6.75. The van der Waals surface area contributed by atoms with Crippen molar-refractivity contribution in [2.24, 2.45) is 0 Å². The standard InChI is InChI=1S/C21H22FN3OS/c22-19-10-8-18(9-11-19)20(26)23-21(27)25-15-13-24(14-16-25)12-4-7-17-5-2-1-3-6-17/h1-11H,12-16H2,(H,23,26,27). The molecule has 27 heavy (non-hydrogen) atoms. The van der Waals surface area contributed by atoms with Crippen LogP contribution in [0.25, 0.3) is 6.08 Å². The highest BCUT2D eigenvalue weighted by Crippen LogP contribution is 2.06. The predicted octanol–water partition coefficient (Wildman–Crippen LogP) is 3.17. The molecular weight excluding hydrogens is 361 g/mol. The second-order valence-electron chi connectivity index (χ2n) is 6.37. The maximum Gasteiger partial charge on any atom is 0.257 e. The molecule has 1 saturated heterocycles. The van der Waals surface area contributed by atoms with Crippen LogP contribution < -0.4 is 5.32 Å². The number of amides is 1. The third-order valence-electron chi connectivity index (χ3n) is 4.46. The van der Waals surface area contributed by atoms with E-state index in [2.05, 4.69) is 34.5 Å². The third kappa shape index (κ3) is 5.70. The van der Waals surface area contributed by atoms with Gasteiger partial charge in [0.05, 0.1) is 0 Å². The van der Waals surface area contributed by atoms with Gasteiger partial charge in [-0.05, 0) is 42.0 Å². The predicted molar refractivity (Wildman–Crippen MR) is 110 cm³/mol. The molecule has 140 valence electrons. The van der Waals surface area contributed by atoms with Crippen molar-refractivity contribution in [3.8, 4) is 0 Å². The quantitative estimate of drug-likeness (QED) is 0.823. The Balaban J connectivity index is 1.43. The highest BCUT2D eigenvalue weighted by atomic mass is 32.1. The van der Waals surface area contributed by atoms with Crippen molar-refractivity contribution in [1.29, 1.82) is 0 Å². The maximum atomic E-state index is 12.9. The van der Waals surface area contributed by atoms with Crippen molar-refractivity contribution in [3.63, 3.8) is 0 Å². The van der Waals surface area contributed by atoms with Crippen LogP contribution in [0.2, 0.25) is 0 Å². The SMILES string of the molecule is O=C(NC(=S)N1CCN(CC=Cc2ccccc2)CC1)c1ccc(F)cc1. The van der Waals surface area contributed by atoms with Crippen molar-refractivity contribution in [2.75, 3.05) is 32.7 Å². The minimum atomic E-state index is -0.369. The van der Waals surface area contributed by atoms with Crippen molar-refractivity contribution in [1.82, 2.24) is 15.1 Å². The van der Waals surface area contributed by atoms with Gasteiger partial charge in [0.15, 0.2) is 5.11 Å². The van der Waals surface area contributed by atoms with Gasteiger partial charge < -0.3 is 4.90 Å². The van der Waals surface area contributed by atoms with E-state index < -0.39 is 0 Å². The number of rotatable bonds is 4. The van der Waals surface area contributed by atoms with Gasteiger partial charge in [-0.1, -0.05) is 42.5 Å². The summed E-state index contributed by atoms with van der Waals surface area (Å²) in [5.41, 5.74) is 1.59. The minimum Gasteiger partial charge on any atom is -0.346 e. The first kappa shape index (κ1) is 19.2. The molecular formula is C21H22FN3OS. The molecule has 1 heterocycles. The lowest BCUT2D eigenvalue weighted by Crippen LogP contribution is -2.52. The number of carbonyl (C=O) groups is 1. The van der Waals surface area contributed by atoms with Crippen molar-refractivity contribution in [3.05, 3.63) is 77.6 Å².